The summed E-state index contributed by atoms with van der Waals surface area (Å²) in [7, 11) is 3.22. The van der Waals surface area contributed by atoms with Gasteiger partial charge < -0.3 is 23.9 Å². The first-order valence-corrected chi connectivity index (χ1v) is 11.4. The molecule has 4 aromatic rings. The topological polar surface area (TPSA) is 73.2 Å². The summed E-state index contributed by atoms with van der Waals surface area (Å²) < 4.78 is 22.6. The third-order valence-electron chi connectivity index (χ3n) is 5.72. The van der Waals surface area contributed by atoms with Gasteiger partial charge in [-0.1, -0.05) is 31.2 Å². The highest BCUT2D eigenvalue weighted by Gasteiger charge is 2.16. The summed E-state index contributed by atoms with van der Waals surface area (Å²) in [6, 6.07) is 17.4. The second-order valence-corrected chi connectivity index (χ2v) is 7.92. The highest BCUT2D eigenvalue weighted by Crippen LogP contribution is 2.36. The molecule has 1 aromatic heterocycles. The van der Waals surface area contributed by atoms with E-state index in [1.165, 1.54) is 0 Å². The molecule has 0 aliphatic heterocycles. The van der Waals surface area contributed by atoms with Crippen molar-refractivity contribution in [3.63, 3.8) is 0 Å². The molecule has 1 heterocycles. The number of methoxy groups -OCH3 is 2. The van der Waals surface area contributed by atoms with E-state index in [0.29, 0.717) is 48.2 Å². The molecule has 0 aliphatic rings. The smallest absolute Gasteiger partial charge is 0.238 e. The number of amides is 1. The van der Waals surface area contributed by atoms with Crippen LogP contribution in [0, 0.1) is 0 Å². The van der Waals surface area contributed by atoms with Crippen molar-refractivity contribution in [2.75, 3.05) is 39.2 Å². The summed E-state index contributed by atoms with van der Waals surface area (Å²) >= 11 is 0. The summed E-state index contributed by atoms with van der Waals surface area (Å²) in [5.41, 5.74) is 3.12. The average Bonchev–Trinajstić information content (AvgIpc) is 3.21. The van der Waals surface area contributed by atoms with E-state index < -0.39 is 0 Å². The lowest BCUT2D eigenvalue weighted by Gasteiger charge is -2.21. The Morgan fingerprint density at radius 3 is 2.44 bits per heavy atom. The van der Waals surface area contributed by atoms with Crippen molar-refractivity contribution in [3.05, 3.63) is 60.2 Å². The van der Waals surface area contributed by atoms with E-state index in [0.717, 1.165) is 21.9 Å². The summed E-state index contributed by atoms with van der Waals surface area (Å²) in [6.07, 6.45) is 0. The third-order valence-corrected chi connectivity index (χ3v) is 5.72. The highest BCUT2D eigenvalue weighted by atomic mass is 16.5. The standard InChI is InChI=1S/C27H30N2O5/c1-5-29(16-18-11-12-23(33-6-2)26(13-18)32-4)17-27(30)28-21-15-24-20(14-25(21)31-3)19-9-7-8-10-22(19)34-24/h7-15H,5-6,16-17H2,1-4H3,(H,28,30). The summed E-state index contributed by atoms with van der Waals surface area (Å²) in [6.45, 7) is 6.08. The fourth-order valence-corrected chi connectivity index (χ4v) is 4.03. The highest BCUT2D eigenvalue weighted by molar-refractivity contribution is 6.07. The zero-order valence-electron chi connectivity index (χ0n) is 20.0. The Balaban J connectivity index is 1.49. The number of fused-ring (bicyclic) bond motifs is 3. The molecule has 34 heavy (non-hydrogen) atoms. The molecule has 7 nitrogen and oxygen atoms in total. The van der Waals surface area contributed by atoms with E-state index in [2.05, 4.69) is 10.2 Å². The molecule has 0 bridgehead atoms. The molecule has 0 fully saturated rings. The van der Waals surface area contributed by atoms with Gasteiger partial charge in [-0.05, 0) is 43.3 Å². The van der Waals surface area contributed by atoms with Crippen molar-refractivity contribution in [2.24, 2.45) is 0 Å². The number of anilines is 1. The van der Waals surface area contributed by atoms with Crippen LogP contribution in [0.5, 0.6) is 17.2 Å². The first kappa shape index (κ1) is 23.4. The molecule has 0 atom stereocenters. The summed E-state index contributed by atoms with van der Waals surface area (Å²) in [5, 5.41) is 4.95. The number of hydrogen-bond acceptors (Lipinski definition) is 6. The number of benzene rings is 3. The van der Waals surface area contributed by atoms with Crippen molar-refractivity contribution in [3.8, 4) is 17.2 Å². The van der Waals surface area contributed by atoms with E-state index in [-0.39, 0.29) is 12.5 Å². The lowest BCUT2D eigenvalue weighted by Crippen LogP contribution is -2.32. The number of hydrogen-bond donors (Lipinski definition) is 1. The molecule has 0 spiro atoms. The second kappa shape index (κ2) is 10.5. The van der Waals surface area contributed by atoms with Crippen LogP contribution >= 0.6 is 0 Å². The number of nitrogens with zero attached hydrogens (tertiary/aromatic N) is 1. The van der Waals surface area contributed by atoms with Crippen LogP contribution in [-0.4, -0.2) is 44.7 Å². The molecule has 3 aromatic carbocycles. The van der Waals surface area contributed by atoms with E-state index in [1.54, 1.807) is 14.2 Å². The average molecular weight is 463 g/mol. The molecule has 1 N–H and O–H groups in total. The van der Waals surface area contributed by atoms with Gasteiger partial charge in [-0.15, -0.1) is 0 Å². The molecule has 0 radical (unpaired) electrons. The Morgan fingerprint density at radius 2 is 1.71 bits per heavy atom. The minimum Gasteiger partial charge on any atom is -0.495 e. The largest absolute Gasteiger partial charge is 0.495 e. The first-order chi connectivity index (χ1) is 16.6. The van der Waals surface area contributed by atoms with Crippen molar-refractivity contribution in [1.82, 2.24) is 4.90 Å². The quantitative estimate of drug-likeness (QED) is 0.337. The molecule has 7 heteroatoms. The van der Waals surface area contributed by atoms with Crippen LogP contribution in [0.25, 0.3) is 21.9 Å². The van der Waals surface area contributed by atoms with Gasteiger partial charge in [0.05, 0.1) is 33.1 Å². The molecule has 4 rings (SSSR count). The maximum atomic E-state index is 12.9. The van der Waals surface area contributed by atoms with Crippen LogP contribution < -0.4 is 19.5 Å². The number of carbonyl (C=O) groups is 1. The summed E-state index contributed by atoms with van der Waals surface area (Å²) in [5.74, 6) is 1.85. The van der Waals surface area contributed by atoms with Crippen LogP contribution in [-0.2, 0) is 11.3 Å². The predicted octanol–water partition coefficient (Wildman–Crippen LogP) is 5.46. The van der Waals surface area contributed by atoms with Crippen LogP contribution in [0.1, 0.15) is 19.4 Å². The molecule has 0 saturated heterocycles. The Hall–Kier alpha value is -3.71. The number of furan rings is 1. The number of likely N-dealkylation sites (N-methyl/N-ethyl adjacent to an activating group) is 1. The van der Waals surface area contributed by atoms with E-state index in [4.69, 9.17) is 18.6 Å². The molecule has 178 valence electrons. The van der Waals surface area contributed by atoms with E-state index >= 15 is 0 Å². The lowest BCUT2D eigenvalue weighted by atomic mass is 10.1. The molecular weight excluding hydrogens is 432 g/mol. The zero-order chi connectivity index (χ0) is 24.1. The van der Waals surface area contributed by atoms with Gasteiger partial charge in [0.1, 0.15) is 16.9 Å². The van der Waals surface area contributed by atoms with Gasteiger partial charge in [0, 0.05) is 23.4 Å². The van der Waals surface area contributed by atoms with Crippen molar-refractivity contribution >= 4 is 33.5 Å². The second-order valence-electron chi connectivity index (χ2n) is 7.92. The van der Waals surface area contributed by atoms with Gasteiger partial charge in [0.25, 0.3) is 0 Å². The Morgan fingerprint density at radius 1 is 0.912 bits per heavy atom. The number of nitrogens with one attached hydrogen (secondary N) is 1. The van der Waals surface area contributed by atoms with Crippen LogP contribution in [0.2, 0.25) is 0 Å². The van der Waals surface area contributed by atoms with Crippen LogP contribution in [0.3, 0.4) is 0 Å². The number of carbonyl (C=O) groups excluding carboxylic acids is 1. The van der Waals surface area contributed by atoms with Gasteiger partial charge >= 0.3 is 0 Å². The van der Waals surface area contributed by atoms with Crippen molar-refractivity contribution < 1.29 is 23.4 Å². The molecule has 1 amide bonds. The fourth-order valence-electron chi connectivity index (χ4n) is 4.03. The van der Waals surface area contributed by atoms with E-state index in [9.17, 15) is 4.79 Å². The number of rotatable bonds is 10. The van der Waals surface area contributed by atoms with Crippen LogP contribution in [0.4, 0.5) is 5.69 Å². The van der Waals surface area contributed by atoms with Crippen LogP contribution in [0.15, 0.2) is 59.0 Å². The van der Waals surface area contributed by atoms with Gasteiger partial charge in [-0.3, -0.25) is 9.69 Å². The Labute approximate surface area is 199 Å². The van der Waals surface area contributed by atoms with Gasteiger partial charge in [-0.25, -0.2) is 0 Å². The monoisotopic (exact) mass is 462 g/mol. The van der Waals surface area contributed by atoms with Gasteiger partial charge in [-0.2, -0.15) is 0 Å². The van der Waals surface area contributed by atoms with Crippen molar-refractivity contribution in [2.45, 2.75) is 20.4 Å². The van der Waals surface area contributed by atoms with E-state index in [1.807, 2.05) is 68.4 Å². The van der Waals surface area contributed by atoms with Gasteiger partial charge in [0.2, 0.25) is 5.91 Å². The molecular formula is C27H30N2O5. The minimum atomic E-state index is -0.131. The Kier molecular flexibility index (Phi) is 7.23. The fraction of sp³-hybridized carbons (Fsp3) is 0.296. The lowest BCUT2D eigenvalue weighted by molar-refractivity contribution is -0.117. The molecule has 0 unspecified atom stereocenters. The zero-order valence-corrected chi connectivity index (χ0v) is 20.0. The SMILES string of the molecule is CCOc1ccc(CN(CC)CC(=O)Nc2cc3oc4ccccc4c3cc2OC)cc1OC. The first-order valence-electron chi connectivity index (χ1n) is 11.4. The maximum absolute atomic E-state index is 12.9. The third kappa shape index (κ3) is 4.94. The number of para-hydroxylation sites is 1. The Bertz CT molecular complexity index is 1300. The molecule has 0 saturated carbocycles. The maximum Gasteiger partial charge on any atom is 0.238 e. The molecule has 0 aliphatic carbocycles. The predicted molar refractivity (Wildman–Crippen MR) is 134 cm³/mol. The summed E-state index contributed by atoms with van der Waals surface area (Å²) in [4.78, 5) is 15.0. The number of ether oxygens (including phenoxy) is 3. The normalized spacial score (nSPS) is 11.2. The van der Waals surface area contributed by atoms with Gasteiger partial charge in [0.15, 0.2) is 11.5 Å². The van der Waals surface area contributed by atoms with Crippen molar-refractivity contribution in [1.29, 1.82) is 0 Å². The minimum absolute atomic E-state index is 0.131.